The quantitative estimate of drug-likeness (QED) is 0.599. The molecule has 1 aliphatic rings. The van der Waals surface area contributed by atoms with Crippen LogP contribution in [0.5, 0.6) is 5.75 Å². The zero-order valence-corrected chi connectivity index (χ0v) is 14.1. The number of ether oxygens (including phenoxy) is 2. The van der Waals surface area contributed by atoms with Crippen molar-refractivity contribution in [2.75, 3.05) is 7.11 Å². The monoisotopic (exact) mass is 320 g/mol. The molecule has 3 heteroatoms. The van der Waals surface area contributed by atoms with Crippen molar-refractivity contribution in [2.24, 2.45) is 0 Å². The summed E-state index contributed by atoms with van der Waals surface area (Å²) in [7, 11) is 1.62. The molecule has 2 aromatic carbocycles. The number of methoxy groups -OCH3 is 1. The van der Waals surface area contributed by atoms with E-state index in [0.717, 1.165) is 16.9 Å². The van der Waals surface area contributed by atoms with Crippen LogP contribution < -0.4 is 4.74 Å². The highest BCUT2D eigenvalue weighted by Crippen LogP contribution is 2.29. The molecule has 0 atom stereocenters. The molecule has 0 aliphatic carbocycles. The Balaban J connectivity index is 1.88. The van der Waals surface area contributed by atoms with Gasteiger partial charge in [-0.3, -0.25) is 0 Å². The Morgan fingerprint density at radius 3 is 2.50 bits per heavy atom. The van der Waals surface area contributed by atoms with Gasteiger partial charge in [0.1, 0.15) is 11.5 Å². The number of benzene rings is 2. The Morgan fingerprint density at radius 1 is 1.08 bits per heavy atom. The van der Waals surface area contributed by atoms with E-state index in [4.69, 9.17) is 9.47 Å². The van der Waals surface area contributed by atoms with Gasteiger partial charge in [-0.15, -0.1) is 0 Å². The molecule has 2 aromatic rings. The Hall–Kier alpha value is -2.81. The van der Waals surface area contributed by atoms with Crippen LogP contribution in [-0.2, 0) is 9.53 Å². The van der Waals surface area contributed by atoms with Crippen LogP contribution >= 0.6 is 0 Å². The summed E-state index contributed by atoms with van der Waals surface area (Å²) in [6.07, 6.45) is 3.59. The predicted molar refractivity (Wildman–Crippen MR) is 95.6 cm³/mol. The van der Waals surface area contributed by atoms with Gasteiger partial charge in [-0.25, -0.2) is 4.79 Å². The summed E-state index contributed by atoms with van der Waals surface area (Å²) in [5, 5.41) is 0. The van der Waals surface area contributed by atoms with Crippen LogP contribution in [0, 0.1) is 0 Å². The number of hydrogen-bond acceptors (Lipinski definition) is 3. The highest BCUT2D eigenvalue weighted by molar-refractivity contribution is 6.05. The van der Waals surface area contributed by atoms with Crippen LogP contribution in [0.3, 0.4) is 0 Å². The van der Waals surface area contributed by atoms with E-state index in [0.29, 0.717) is 17.3 Å². The first-order chi connectivity index (χ1) is 11.6. The number of cyclic esters (lactones) is 1. The van der Waals surface area contributed by atoms with E-state index < -0.39 is 0 Å². The fraction of sp³-hybridized carbons (Fsp3) is 0.190. The highest BCUT2D eigenvalue weighted by atomic mass is 16.5. The molecule has 24 heavy (non-hydrogen) atoms. The molecule has 3 rings (SSSR count). The Labute approximate surface area is 142 Å². The smallest absolute Gasteiger partial charge is 0.343 e. The van der Waals surface area contributed by atoms with Gasteiger partial charge in [0.15, 0.2) is 0 Å². The van der Waals surface area contributed by atoms with Crippen LogP contribution in [0.2, 0.25) is 0 Å². The van der Waals surface area contributed by atoms with E-state index in [9.17, 15) is 4.79 Å². The van der Waals surface area contributed by atoms with E-state index >= 15 is 0 Å². The molecule has 0 bridgehead atoms. The maximum Gasteiger partial charge on any atom is 0.343 e. The first kappa shape index (κ1) is 16.1. The van der Waals surface area contributed by atoms with E-state index in [1.165, 1.54) is 5.56 Å². The van der Waals surface area contributed by atoms with Crippen molar-refractivity contribution in [1.82, 2.24) is 0 Å². The first-order valence-electron chi connectivity index (χ1n) is 7.97. The summed E-state index contributed by atoms with van der Waals surface area (Å²) in [6, 6.07) is 15.7. The van der Waals surface area contributed by atoms with Gasteiger partial charge < -0.3 is 9.47 Å². The van der Waals surface area contributed by atoms with Crippen molar-refractivity contribution in [3.63, 3.8) is 0 Å². The van der Waals surface area contributed by atoms with Crippen molar-refractivity contribution in [1.29, 1.82) is 0 Å². The lowest BCUT2D eigenvalue weighted by Gasteiger charge is -2.06. The van der Waals surface area contributed by atoms with E-state index in [-0.39, 0.29) is 5.97 Å². The topological polar surface area (TPSA) is 35.5 Å². The van der Waals surface area contributed by atoms with Crippen LogP contribution in [0.1, 0.15) is 36.5 Å². The second-order valence-electron chi connectivity index (χ2n) is 6.05. The van der Waals surface area contributed by atoms with E-state index in [1.54, 1.807) is 19.3 Å². The van der Waals surface area contributed by atoms with Gasteiger partial charge in [0, 0.05) is 5.56 Å². The first-order valence-corrected chi connectivity index (χ1v) is 7.97. The molecule has 0 unspecified atom stereocenters. The summed E-state index contributed by atoms with van der Waals surface area (Å²) in [5.41, 5.74) is 3.60. The number of esters is 1. The van der Waals surface area contributed by atoms with E-state index in [2.05, 4.69) is 26.0 Å². The molecule has 0 spiro atoms. The zero-order valence-electron chi connectivity index (χ0n) is 14.1. The number of rotatable bonds is 4. The fourth-order valence-electron chi connectivity index (χ4n) is 2.57. The number of hydrogen-bond donors (Lipinski definition) is 0. The summed E-state index contributed by atoms with van der Waals surface area (Å²) in [6.45, 7) is 4.30. The van der Waals surface area contributed by atoms with Crippen LogP contribution in [-0.4, -0.2) is 13.1 Å². The average molecular weight is 320 g/mol. The second kappa shape index (κ2) is 6.75. The standard InChI is InChI=1S/C21H20O3/c1-14(2)16-7-9-17(10-8-16)20-13-18(21(22)24-20)11-15-5-4-6-19(12-15)23-3/h4-14H,1-3H3. The minimum atomic E-state index is -0.333. The second-order valence-corrected chi connectivity index (χ2v) is 6.05. The third-order valence-electron chi connectivity index (χ3n) is 4.00. The molecule has 0 saturated heterocycles. The Bertz CT molecular complexity index is 811. The van der Waals surface area contributed by atoms with Gasteiger partial charge in [0.05, 0.1) is 12.7 Å². The van der Waals surface area contributed by atoms with Crippen LogP contribution in [0.4, 0.5) is 0 Å². The molecule has 0 N–H and O–H groups in total. The van der Waals surface area contributed by atoms with Gasteiger partial charge in [-0.2, -0.15) is 0 Å². The van der Waals surface area contributed by atoms with Gasteiger partial charge in [-0.05, 0) is 41.3 Å². The van der Waals surface area contributed by atoms with Gasteiger partial charge in [0.2, 0.25) is 0 Å². The summed E-state index contributed by atoms with van der Waals surface area (Å²) < 4.78 is 10.6. The Kier molecular flexibility index (Phi) is 4.52. The normalized spacial score (nSPS) is 15.6. The van der Waals surface area contributed by atoms with Gasteiger partial charge in [0.25, 0.3) is 0 Å². The lowest BCUT2D eigenvalue weighted by atomic mass is 10.0. The summed E-state index contributed by atoms with van der Waals surface area (Å²) in [5.74, 6) is 1.48. The van der Waals surface area contributed by atoms with Crippen LogP contribution in [0.15, 0.2) is 60.2 Å². The van der Waals surface area contributed by atoms with Crippen LogP contribution in [0.25, 0.3) is 11.8 Å². The van der Waals surface area contributed by atoms with Crippen molar-refractivity contribution in [3.05, 3.63) is 76.9 Å². The summed E-state index contributed by atoms with van der Waals surface area (Å²) >= 11 is 0. The number of carbonyl (C=O) groups excluding carboxylic acids is 1. The maximum absolute atomic E-state index is 12.1. The lowest BCUT2D eigenvalue weighted by molar-refractivity contribution is -0.130. The molecular formula is C21H20O3. The maximum atomic E-state index is 12.1. The third-order valence-corrected chi connectivity index (χ3v) is 4.00. The molecule has 1 aliphatic heterocycles. The molecule has 3 nitrogen and oxygen atoms in total. The van der Waals surface area contributed by atoms with Gasteiger partial charge in [-0.1, -0.05) is 50.2 Å². The molecule has 0 saturated carbocycles. The minimum Gasteiger partial charge on any atom is -0.497 e. The van der Waals surface area contributed by atoms with Gasteiger partial charge >= 0.3 is 5.97 Å². The molecular weight excluding hydrogens is 300 g/mol. The SMILES string of the molecule is COc1cccc(C=C2C=C(c3ccc(C(C)C)cc3)OC2=O)c1. The fourth-order valence-corrected chi connectivity index (χ4v) is 2.57. The lowest BCUT2D eigenvalue weighted by Crippen LogP contribution is -1.97. The third kappa shape index (κ3) is 3.40. The van der Waals surface area contributed by atoms with Crippen molar-refractivity contribution < 1.29 is 14.3 Å². The van der Waals surface area contributed by atoms with Crippen molar-refractivity contribution in [2.45, 2.75) is 19.8 Å². The summed E-state index contributed by atoms with van der Waals surface area (Å²) in [4.78, 5) is 12.1. The van der Waals surface area contributed by atoms with E-state index in [1.807, 2.05) is 36.4 Å². The highest BCUT2D eigenvalue weighted by Gasteiger charge is 2.22. The minimum absolute atomic E-state index is 0.333. The largest absolute Gasteiger partial charge is 0.497 e. The molecule has 122 valence electrons. The zero-order chi connectivity index (χ0) is 17.1. The average Bonchev–Trinajstić information content (AvgIpc) is 2.96. The van der Waals surface area contributed by atoms with Crippen molar-refractivity contribution in [3.8, 4) is 5.75 Å². The van der Waals surface area contributed by atoms with Crippen molar-refractivity contribution >= 4 is 17.8 Å². The molecule has 0 fully saturated rings. The Morgan fingerprint density at radius 2 is 1.83 bits per heavy atom. The molecule has 0 radical (unpaired) electrons. The number of carbonyl (C=O) groups is 1. The molecule has 1 heterocycles. The molecule has 0 amide bonds. The predicted octanol–water partition coefficient (Wildman–Crippen LogP) is 4.80. The molecule has 0 aromatic heterocycles.